The van der Waals surface area contributed by atoms with Gasteiger partial charge in [0.25, 0.3) is 5.56 Å². The van der Waals surface area contributed by atoms with E-state index in [0.29, 0.717) is 61.0 Å². The van der Waals surface area contributed by atoms with E-state index in [1.807, 2.05) is 13.8 Å². The van der Waals surface area contributed by atoms with Crippen LogP contribution in [0.5, 0.6) is 17.2 Å². The quantitative estimate of drug-likeness (QED) is 0.286. The highest BCUT2D eigenvalue weighted by atomic mass is 19.1. The predicted molar refractivity (Wildman–Crippen MR) is 152 cm³/mol. The van der Waals surface area contributed by atoms with Gasteiger partial charge in [0, 0.05) is 25.6 Å². The number of rotatable bonds is 13. The molecule has 11 heteroatoms. The monoisotopic (exact) mass is 573 g/mol. The molecule has 9 nitrogen and oxygen atoms in total. The Bertz CT molecular complexity index is 1460. The van der Waals surface area contributed by atoms with Gasteiger partial charge >= 0.3 is 5.69 Å². The number of fused-ring (bicyclic) bond motifs is 1. The molecule has 0 spiro atoms. The predicted octanol–water partition coefficient (Wildman–Crippen LogP) is 4.12. The highest BCUT2D eigenvalue weighted by Gasteiger charge is 2.25. The number of hydrogen-bond donors (Lipinski definition) is 0. The third kappa shape index (κ3) is 6.89. The number of carbonyl (C=O) groups is 1. The van der Waals surface area contributed by atoms with E-state index in [1.54, 1.807) is 39.8 Å². The van der Waals surface area contributed by atoms with Crippen LogP contribution in [0, 0.1) is 5.92 Å². The minimum Gasteiger partial charge on any atom is -0.493 e. The van der Waals surface area contributed by atoms with E-state index in [4.69, 9.17) is 14.2 Å². The lowest BCUT2D eigenvalue weighted by Crippen LogP contribution is -2.44. The average molecular weight is 574 g/mol. The Morgan fingerprint density at radius 1 is 1.05 bits per heavy atom. The van der Waals surface area contributed by atoms with Crippen LogP contribution >= 0.6 is 0 Å². The highest BCUT2D eigenvalue weighted by Crippen LogP contribution is 2.29. The Kier molecular flexibility index (Phi) is 10.0. The molecule has 0 aliphatic carbocycles. The van der Waals surface area contributed by atoms with Crippen LogP contribution in [0.4, 0.5) is 8.78 Å². The molecule has 0 N–H and O–H groups in total. The number of aromatic nitrogens is 2. The van der Waals surface area contributed by atoms with E-state index < -0.39 is 30.7 Å². The second kappa shape index (κ2) is 13.6. The van der Waals surface area contributed by atoms with E-state index >= 15 is 0 Å². The van der Waals surface area contributed by atoms with E-state index in [2.05, 4.69) is 0 Å². The summed E-state index contributed by atoms with van der Waals surface area (Å²) in [5, 5.41) is 0.224. The second-order valence-electron chi connectivity index (χ2n) is 10.7. The Hall–Kier alpha value is -3.89. The van der Waals surface area contributed by atoms with Crippen LogP contribution in [0.1, 0.15) is 44.7 Å². The van der Waals surface area contributed by atoms with Crippen molar-refractivity contribution in [2.75, 3.05) is 40.2 Å². The van der Waals surface area contributed by atoms with Crippen molar-refractivity contribution in [3.05, 3.63) is 62.8 Å². The van der Waals surface area contributed by atoms with Gasteiger partial charge in [-0.3, -0.25) is 23.1 Å². The number of halogens is 2. The van der Waals surface area contributed by atoms with Crippen molar-refractivity contribution in [3.63, 3.8) is 0 Å². The maximum Gasteiger partial charge on any atom is 0.332 e. The molecule has 2 heterocycles. The Labute approximate surface area is 237 Å². The zero-order valence-electron chi connectivity index (χ0n) is 23.7. The van der Waals surface area contributed by atoms with Gasteiger partial charge in [0.2, 0.25) is 6.41 Å². The third-order valence-electron chi connectivity index (χ3n) is 7.20. The smallest absolute Gasteiger partial charge is 0.332 e. The van der Waals surface area contributed by atoms with Crippen molar-refractivity contribution in [2.24, 2.45) is 5.92 Å². The van der Waals surface area contributed by atoms with Crippen LogP contribution in [-0.2, 0) is 11.3 Å². The van der Waals surface area contributed by atoms with Crippen LogP contribution in [0.3, 0.4) is 0 Å². The number of hydrogen-bond acceptors (Lipinski definition) is 6. The number of amides is 1. The largest absolute Gasteiger partial charge is 0.493 e. The fraction of sp³-hybridized carbons (Fsp3) is 0.500. The molecule has 3 aromatic rings. The summed E-state index contributed by atoms with van der Waals surface area (Å²) >= 11 is 0. The number of alkyl halides is 2. The molecule has 1 amide bonds. The summed E-state index contributed by atoms with van der Waals surface area (Å²) in [6, 6.07) is 9.68. The summed E-state index contributed by atoms with van der Waals surface area (Å²) in [6.07, 6.45) is 0.775. The van der Waals surface area contributed by atoms with Gasteiger partial charge in [-0.05, 0) is 54.7 Å². The normalized spacial score (nSPS) is 14.8. The zero-order valence-corrected chi connectivity index (χ0v) is 23.7. The minimum atomic E-state index is -0.984. The number of nitrogens with zero attached hydrogens (tertiary/aromatic N) is 3. The first-order chi connectivity index (χ1) is 19.8. The lowest BCUT2D eigenvalue weighted by molar-refractivity contribution is -0.119. The van der Waals surface area contributed by atoms with Gasteiger partial charge in [0.1, 0.15) is 18.5 Å². The zero-order chi connectivity index (χ0) is 29.5. The number of benzene rings is 2. The molecular formula is C30H37F2N3O6. The van der Waals surface area contributed by atoms with Gasteiger partial charge in [-0.1, -0.05) is 19.9 Å². The molecule has 1 saturated heterocycles. The van der Waals surface area contributed by atoms with Gasteiger partial charge in [-0.2, -0.15) is 0 Å². The highest BCUT2D eigenvalue weighted by molar-refractivity contribution is 5.80. The van der Waals surface area contributed by atoms with Crippen LogP contribution in [0.2, 0.25) is 0 Å². The molecular weight excluding hydrogens is 536 g/mol. The molecule has 222 valence electrons. The molecule has 0 bridgehead atoms. The van der Waals surface area contributed by atoms with Gasteiger partial charge in [-0.25, -0.2) is 9.18 Å². The van der Waals surface area contributed by atoms with E-state index in [1.165, 1.54) is 13.2 Å². The molecule has 1 aromatic heterocycles. The fourth-order valence-corrected chi connectivity index (χ4v) is 5.03. The molecule has 41 heavy (non-hydrogen) atoms. The van der Waals surface area contributed by atoms with E-state index in [9.17, 15) is 23.2 Å². The molecule has 1 aliphatic heterocycles. The molecule has 2 aromatic carbocycles. The van der Waals surface area contributed by atoms with Crippen LogP contribution in [0.25, 0.3) is 10.9 Å². The topological polar surface area (TPSA) is 92.0 Å². The van der Waals surface area contributed by atoms with Gasteiger partial charge < -0.3 is 19.1 Å². The third-order valence-corrected chi connectivity index (χ3v) is 7.20. The summed E-state index contributed by atoms with van der Waals surface area (Å²) in [5.41, 5.74) is 0.0789. The average Bonchev–Trinajstić information content (AvgIpc) is 2.98. The molecule has 1 unspecified atom stereocenters. The summed E-state index contributed by atoms with van der Waals surface area (Å²) in [4.78, 5) is 40.6. The number of carbonyl (C=O) groups excluding carboxylic acids is 1. The van der Waals surface area contributed by atoms with E-state index in [-0.39, 0.29) is 30.1 Å². The molecule has 1 fully saturated rings. The summed E-state index contributed by atoms with van der Waals surface area (Å²) < 4.78 is 46.0. The first kappa shape index (κ1) is 30.1. The number of likely N-dealkylation sites (tertiary alicyclic amines) is 1. The van der Waals surface area contributed by atoms with Crippen LogP contribution in [0.15, 0.2) is 46.0 Å². The second-order valence-corrected chi connectivity index (χ2v) is 10.7. The number of ether oxygens (including phenoxy) is 3. The van der Waals surface area contributed by atoms with Gasteiger partial charge in [0.05, 0.1) is 37.8 Å². The van der Waals surface area contributed by atoms with Crippen LogP contribution < -0.4 is 25.5 Å². The summed E-state index contributed by atoms with van der Waals surface area (Å²) in [7, 11) is 1.53. The molecule has 4 rings (SSSR count). The molecule has 1 aliphatic rings. The number of piperidine rings is 1. The summed E-state index contributed by atoms with van der Waals surface area (Å²) in [6.45, 7) is 3.91. The molecule has 1 atom stereocenters. The molecule has 0 saturated carbocycles. The first-order valence-electron chi connectivity index (χ1n) is 13.9. The molecule has 0 radical (unpaired) electrons. The van der Waals surface area contributed by atoms with Crippen LogP contribution in [-0.4, -0.2) is 66.7 Å². The van der Waals surface area contributed by atoms with Crippen molar-refractivity contribution in [1.82, 2.24) is 14.0 Å². The SMILES string of the molecule is COc1cc(Cn2c(=O)c3cc(OC(CF)CCF)ccc3n(C3CCN(C=O)CC3)c2=O)ccc1OCC(C)C. The van der Waals surface area contributed by atoms with Gasteiger partial charge in [0.15, 0.2) is 11.5 Å². The summed E-state index contributed by atoms with van der Waals surface area (Å²) in [5.74, 6) is 1.58. The Morgan fingerprint density at radius 3 is 2.44 bits per heavy atom. The standard InChI is InChI=1S/C30H37F2N3O6/c1-20(2)18-40-27-7-4-21(14-28(27)39-3)17-34-29(37)25-15-23(41-24(16-32)8-11-31)5-6-26(25)35(30(34)38)22-9-12-33(19-36)13-10-22/h4-7,14-15,19-20,22,24H,8-13,16-18H2,1-3H3. The lowest BCUT2D eigenvalue weighted by atomic mass is 10.0. The first-order valence-corrected chi connectivity index (χ1v) is 13.9. The van der Waals surface area contributed by atoms with Gasteiger partial charge in [-0.15, -0.1) is 0 Å². The van der Waals surface area contributed by atoms with Crippen molar-refractivity contribution in [1.29, 1.82) is 0 Å². The number of methoxy groups -OCH3 is 1. The maximum absolute atomic E-state index is 13.9. The van der Waals surface area contributed by atoms with E-state index in [0.717, 1.165) is 11.0 Å². The van der Waals surface area contributed by atoms with Crippen molar-refractivity contribution in [3.8, 4) is 17.2 Å². The minimum absolute atomic E-state index is 0.0261. The van der Waals surface area contributed by atoms with Crippen molar-refractivity contribution in [2.45, 2.75) is 51.8 Å². The Balaban J connectivity index is 1.79. The Morgan fingerprint density at radius 2 is 1.80 bits per heavy atom. The van der Waals surface area contributed by atoms with Crippen molar-refractivity contribution < 1.29 is 27.8 Å². The maximum atomic E-state index is 13.9. The van der Waals surface area contributed by atoms with Crippen molar-refractivity contribution >= 4 is 17.3 Å². The fourth-order valence-electron chi connectivity index (χ4n) is 5.03. The lowest BCUT2D eigenvalue weighted by Gasteiger charge is -2.31.